The number of hydrogen-bond acceptors (Lipinski definition) is 10. The van der Waals surface area contributed by atoms with E-state index in [2.05, 4.69) is 11.7 Å². The molecule has 13 nitrogen and oxygen atoms in total. The second-order valence-electron chi connectivity index (χ2n) is 8.49. The summed E-state index contributed by atoms with van der Waals surface area (Å²) in [5.74, 6) is -8.84. The first kappa shape index (κ1) is 41.9. The molecule has 0 spiro atoms. The molecule has 0 saturated carbocycles. The van der Waals surface area contributed by atoms with Crippen molar-refractivity contribution < 1.29 is 61.7 Å². The van der Waals surface area contributed by atoms with Crippen molar-refractivity contribution in [3.8, 4) is 0 Å². The van der Waals surface area contributed by atoms with Crippen molar-refractivity contribution in [3.63, 3.8) is 0 Å². The fraction of sp³-hybridized carbons (Fsp3) is 0.773. The van der Waals surface area contributed by atoms with Gasteiger partial charge in [-0.1, -0.05) is 64.7 Å². The van der Waals surface area contributed by atoms with Crippen molar-refractivity contribution in [2.75, 3.05) is 6.61 Å². The first-order valence-corrected chi connectivity index (χ1v) is 13.3. The fourth-order valence-electron chi connectivity index (χ4n) is 3.24. The molecule has 0 aliphatic heterocycles. The summed E-state index contributed by atoms with van der Waals surface area (Å²) >= 11 is 0. The molecule has 0 fully saturated rings. The molecule has 0 heterocycles. The number of esters is 3. The topological polar surface area (TPSA) is 219 Å². The van der Waals surface area contributed by atoms with Crippen molar-refractivity contribution in [1.29, 1.82) is 0 Å². The average molecular weight is 589 g/mol. The molecule has 0 radical (unpaired) electrons. The van der Waals surface area contributed by atoms with Crippen LogP contribution in [0.3, 0.4) is 0 Å². The molecule has 2 atom stereocenters. The summed E-state index contributed by atoms with van der Waals surface area (Å²) in [7, 11) is -5.32. The third-order valence-electron chi connectivity index (χ3n) is 5.20. The summed E-state index contributed by atoms with van der Waals surface area (Å²) in [6.45, 7) is 2.09. The zero-order valence-electron chi connectivity index (χ0n) is 20.3. The first-order chi connectivity index (χ1) is 16.7. The molecule has 4 N–H and O–H groups in total. The number of carboxylic acids is 2. The molecule has 0 bridgehead atoms. The van der Waals surface area contributed by atoms with Gasteiger partial charge in [0, 0.05) is 0 Å². The van der Waals surface area contributed by atoms with E-state index in [9.17, 15) is 37.5 Å². The minimum absolute atomic E-state index is 0. The molecule has 16 heteroatoms. The van der Waals surface area contributed by atoms with Crippen LogP contribution in [0.2, 0.25) is 0 Å². The standard InChI is InChI=1S/C22H36O13S.2Na.2H/c1-2-3-4-5-6-7-8-9-10-11-12-34-19(27)15-22(30,14-18(25)26)21(29)35-20(28)16(13-17(23)24)36(31,32)33;;;;/h16,30H,2-15H2,1H3,(H,23,24)(H,25,26)(H,31,32,33);;;;. The maximum absolute atomic E-state index is 12.2. The first-order valence-electron chi connectivity index (χ1n) is 11.8. The van der Waals surface area contributed by atoms with Crippen molar-refractivity contribution in [2.24, 2.45) is 0 Å². The van der Waals surface area contributed by atoms with Crippen LogP contribution < -0.4 is 0 Å². The molecule has 0 rings (SSSR count). The number of rotatable bonds is 20. The van der Waals surface area contributed by atoms with Crippen molar-refractivity contribution in [3.05, 3.63) is 0 Å². The van der Waals surface area contributed by atoms with Crippen LogP contribution in [0.25, 0.3) is 0 Å². The Balaban J connectivity index is -0.00000612. The second-order valence-corrected chi connectivity index (χ2v) is 10.1. The minimum atomic E-state index is -5.32. The van der Waals surface area contributed by atoms with Gasteiger partial charge in [-0.3, -0.25) is 23.7 Å². The van der Waals surface area contributed by atoms with Crippen LogP contribution in [0.5, 0.6) is 0 Å². The predicted molar refractivity (Wildman–Crippen MR) is 138 cm³/mol. The molecule has 0 aliphatic carbocycles. The van der Waals surface area contributed by atoms with Gasteiger partial charge in [0.25, 0.3) is 10.1 Å². The number of aliphatic hydroxyl groups is 1. The molecular formula is C22H38Na2O13S. The van der Waals surface area contributed by atoms with Gasteiger partial charge in [-0.25, -0.2) is 4.79 Å². The van der Waals surface area contributed by atoms with Gasteiger partial charge in [-0.2, -0.15) is 8.42 Å². The van der Waals surface area contributed by atoms with Crippen LogP contribution in [0.1, 0.15) is 90.4 Å². The number of unbranched alkanes of at least 4 members (excludes halogenated alkanes) is 9. The van der Waals surface area contributed by atoms with Crippen molar-refractivity contribution in [2.45, 2.75) is 101 Å². The van der Waals surface area contributed by atoms with Crippen LogP contribution in [-0.2, 0) is 43.6 Å². The van der Waals surface area contributed by atoms with Crippen molar-refractivity contribution >= 4 is 99.1 Å². The third-order valence-corrected chi connectivity index (χ3v) is 6.28. The van der Waals surface area contributed by atoms with E-state index in [1.807, 2.05) is 0 Å². The summed E-state index contributed by atoms with van der Waals surface area (Å²) in [5.41, 5.74) is -3.11. The number of ether oxygens (including phenoxy) is 2. The molecule has 0 saturated heterocycles. The Morgan fingerprint density at radius 2 is 1.26 bits per heavy atom. The molecule has 2 unspecified atom stereocenters. The Bertz CT molecular complexity index is 863. The number of hydrogen-bond donors (Lipinski definition) is 4. The van der Waals surface area contributed by atoms with Gasteiger partial charge in [0.15, 0.2) is 10.9 Å². The Morgan fingerprint density at radius 1 is 0.789 bits per heavy atom. The van der Waals surface area contributed by atoms with Gasteiger partial charge in [-0.05, 0) is 6.42 Å². The van der Waals surface area contributed by atoms with Gasteiger partial charge >= 0.3 is 89.0 Å². The van der Waals surface area contributed by atoms with E-state index < -0.39 is 70.1 Å². The fourth-order valence-corrected chi connectivity index (χ4v) is 3.89. The van der Waals surface area contributed by atoms with Crippen LogP contribution in [0.15, 0.2) is 0 Å². The Kier molecular flexibility index (Phi) is 24.4. The van der Waals surface area contributed by atoms with Crippen LogP contribution in [0, 0.1) is 0 Å². The summed E-state index contributed by atoms with van der Waals surface area (Å²) in [6, 6.07) is 0. The number of carbonyl (C=O) groups excluding carboxylic acids is 3. The summed E-state index contributed by atoms with van der Waals surface area (Å²) < 4.78 is 40.5. The predicted octanol–water partition coefficient (Wildman–Crippen LogP) is 0.550. The number of carboxylic acid groups (broad SMARTS) is 2. The summed E-state index contributed by atoms with van der Waals surface area (Å²) in [4.78, 5) is 58.0. The second kappa shape index (κ2) is 22.1. The van der Waals surface area contributed by atoms with Crippen molar-refractivity contribution in [1.82, 2.24) is 0 Å². The third kappa shape index (κ3) is 19.5. The van der Waals surface area contributed by atoms with Gasteiger partial charge in [0.1, 0.15) is 0 Å². The van der Waals surface area contributed by atoms with Crippen LogP contribution >= 0.6 is 0 Å². The van der Waals surface area contributed by atoms with E-state index in [1.165, 1.54) is 25.7 Å². The maximum atomic E-state index is 12.2. The molecule has 0 amide bonds. The molecule has 0 aliphatic rings. The SMILES string of the molecule is CCCCCCCCCCCCOC(=O)CC(O)(CC(=O)O)C(=O)OC(=O)C(CC(=O)O)S(=O)(=O)O.[NaH].[NaH]. The molecule has 0 aromatic rings. The van der Waals surface area contributed by atoms with E-state index in [4.69, 9.17) is 19.5 Å². The van der Waals surface area contributed by atoms with Crippen LogP contribution in [0.4, 0.5) is 0 Å². The van der Waals surface area contributed by atoms with E-state index >= 15 is 0 Å². The van der Waals surface area contributed by atoms with Gasteiger partial charge < -0.3 is 24.8 Å². The number of carbonyl (C=O) groups is 5. The Labute approximate surface area is 266 Å². The van der Waals surface area contributed by atoms with E-state index in [1.54, 1.807) is 0 Å². The molecule has 38 heavy (non-hydrogen) atoms. The molecular weight excluding hydrogens is 550 g/mol. The monoisotopic (exact) mass is 588 g/mol. The quantitative estimate of drug-likeness (QED) is 0.0502. The summed E-state index contributed by atoms with van der Waals surface area (Å²) in [5, 5.41) is 25.3. The molecule has 212 valence electrons. The van der Waals surface area contributed by atoms with E-state index in [0.717, 1.165) is 32.1 Å². The zero-order valence-corrected chi connectivity index (χ0v) is 21.2. The molecule has 0 aromatic carbocycles. The van der Waals surface area contributed by atoms with E-state index in [-0.39, 0.29) is 65.7 Å². The number of aliphatic carboxylic acids is 2. The van der Waals surface area contributed by atoms with Gasteiger partial charge in [0.05, 0.1) is 25.9 Å². The zero-order chi connectivity index (χ0) is 27.8. The normalized spacial score (nSPS) is 13.1. The van der Waals surface area contributed by atoms with Gasteiger partial charge in [0.2, 0.25) is 0 Å². The molecule has 0 aromatic heterocycles. The summed E-state index contributed by atoms with van der Waals surface area (Å²) in [6.07, 6.45) is 6.24. The Hall–Kier alpha value is -0.580. The average Bonchev–Trinajstić information content (AvgIpc) is 2.74. The van der Waals surface area contributed by atoms with Crippen LogP contribution in [-0.4, -0.2) is 135 Å². The Morgan fingerprint density at radius 3 is 1.68 bits per heavy atom. The van der Waals surface area contributed by atoms with E-state index in [0.29, 0.717) is 6.42 Å². The van der Waals surface area contributed by atoms with Gasteiger partial charge in [-0.15, -0.1) is 0 Å².